The molecule has 0 radical (unpaired) electrons. The van der Waals surface area contributed by atoms with Crippen LogP contribution in [0.3, 0.4) is 0 Å². The van der Waals surface area contributed by atoms with E-state index in [-0.39, 0.29) is 5.82 Å². The number of hydrogen-bond acceptors (Lipinski definition) is 5. The highest BCUT2D eigenvalue weighted by molar-refractivity contribution is 5.50. The standard InChI is InChI=1S/C15H18FN5/c1-17-15-18-7-6-14(19-15)21-10-8-20(9-11-21)13-4-2-12(16)3-5-13/h2-7H,8-11H2,1H3,(H,17,18,19). The normalized spacial score (nSPS) is 15.1. The summed E-state index contributed by atoms with van der Waals surface area (Å²) in [6, 6.07) is 8.59. The zero-order valence-corrected chi connectivity index (χ0v) is 12.0. The van der Waals surface area contributed by atoms with Crippen LogP contribution in [-0.4, -0.2) is 43.2 Å². The summed E-state index contributed by atoms with van der Waals surface area (Å²) < 4.78 is 13.0. The molecular weight excluding hydrogens is 269 g/mol. The summed E-state index contributed by atoms with van der Waals surface area (Å²) >= 11 is 0. The van der Waals surface area contributed by atoms with Crippen molar-refractivity contribution in [3.05, 3.63) is 42.3 Å². The van der Waals surface area contributed by atoms with Gasteiger partial charge in [-0.05, 0) is 30.3 Å². The van der Waals surface area contributed by atoms with Gasteiger partial charge in [-0.3, -0.25) is 0 Å². The number of benzene rings is 1. The number of nitrogens with one attached hydrogen (secondary N) is 1. The molecule has 5 nitrogen and oxygen atoms in total. The van der Waals surface area contributed by atoms with E-state index >= 15 is 0 Å². The highest BCUT2D eigenvalue weighted by atomic mass is 19.1. The largest absolute Gasteiger partial charge is 0.368 e. The zero-order chi connectivity index (χ0) is 14.7. The maximum absolute atomic E-state index is 13.0. The van der Waals surface area contributed by atoms with Gasteiger partial charge in [0.1, 0.15) is 11.6 Å². The van der Waals surface area contributed by atoms with E-state index < -0.39 is 0 Å². The zero-order valence-electron chi connectivity index (χ0n) is 12.0. The lowest BCUT2D eigenvalue weighted by atomic mass is 10.2. The molecular formula is C15H18FN5. The van der Waals surface area contributed by atoms with Crippen molar-refractivity contribution in [2.45, 2.75) is 0 Å². The Morgan fingerprint density at radius 2 is 1.67 bits per heavy atom. The van der Waals surface area contributed by atoms with E-state index in [1.54, 1.807) is 6.20 Å². The van der Waals surface area contributed by atoms with Crippen molar-refractivity contribution in [3.8, 4) is 0 Å². The highest BCUT2D eigenvalue weighted by Gasteiger charge is 2.18. The molecule has 1 aromatic heterocycles. The van der Waals surface area contributed by atoms with E-state index in [2.05, 4.69) is 25.1 Å². The molecule has 1 saturated heterocycles. The smallest absolute Gasteiger partial charge is 0.224 e. The first-order chi connectivity index (χ1) is 10.3. The lowest BCUT2D eigenvalue weighted by Crippen LogP contribution is -2.46. The molecule has 1 N–H and O–H groups in total. The minimum atomic E-state index is -0.196. The van der Waals surface area contributed by atoms with Crippen LogP contribution in [0.25, 0.3) is 0 Å². The average molecular weight is 287 g/mol. The van der Waals surface area contributed by atoms with Gasteiger partial charge in [0.15, 0.2) is 0 Å². The second-order valence-corrected chi connectivity index (χ2v) is 4.94. The molecule has 1 aliphatic rings. The monoisotopic (exact) mass is 287 g/mol. The van der Waals surface area contributed by atoms with Crippen LogP contribution in [0.2, 0.25) is 0 Å². The van der Waals surface area contributed by atoms with Crippen molar-refractivity contribution >= 4 is 17.5 Å². The Bertz CT molecular complexity index is 593. The third-order valence-corrected chi connectivity index (χ3v) is 3.66. The molecule has 3 rings (SSSR count). The van der Waals surface area contributed by atoms with Gasteiger partial charge in [0.2, 0.25) is 5.95 Å². The third kappa shape index (κ3) is 3.04. The summed E-state index contributed by atoms with van der Waals surface area (Å²) in [4.78, 5) is 13.1. The number of rotatable bonds is 3. The first-order valence-corrected chi connectivity index (χ1v) is 7.02. The summed E-state index contributed by atoms with van der Waals surface area (Å²) in [5.74, 6) is 1.37. The number of nitrogens with zero attached hydrogens (tertiary/aromatic N) is 4. The first kappa shape index (κ1) is 13.6. The number of halogens is 1. The van der Waals surface area contributed by atoms with E-state index in [9.17, 15) is 4.39 Å². The van der Waals surface area contributed by atoms with E-state index in [1.165, 1.54) is 12.1 Å². The second-order valence-electron chi connectivity index (χ2n) is 4.94. The van der Waals surface area contributed by atoms with Gasteiger partial charge in [-0.15, -0.1) is 0 Å². The summed E-state index contributed by atoms with van der Waals surface area (Å²) in [6.45, 7) is 3.56. The SMILES string of the molecule is CNc1nccc(N2CCN(c3ccc(F)cc3)CC2)n1. The molecule has 0 unspecified atom stereocenters. The van der Waals surface area contributed by atoms with Crippen molar-refractivity contribution in [2.24, 2.45) is 0 Å². The van der Waals surface area contributed by atoms with Crippen LogP contribution in [0, 0.1) is 5.82 Å². The van der Waals surface area contributed by atoms with E-state index in [0.29, 0.717) is 5.95 Å². The van der Waals surface area contributed by atoms with Crippen molar-refractivity contribution in [2.75, 3.05) is 48.3 Å². The Kier molecular flexibility index (Phi) is 3.85. The van der Waals surface area contributed by atoms with Gasteiger partial charge >= 0.3 is 0 Å². The molecule has 1 aromatic carbocycles. The van der Waals surface area contributed by atoms with Crippen LogP contribution >= 0.6 is 0 Å². The lowest BCUT2D eigenvalue weighted by molar-refractivity contribution is 0.624. The van der Waals surface area contributed by atoms with Crippen LogP contribution < -0.4 is 15.1 Å². The minimum Gasteiger partial charge on any atom is -0.368 e. The summed E-state index contributed by atoms with van der Waals surface area (Å²) in [5.41, 5.74) is 1.06. The summed E-state index contributed by atoms with van der Waals surface area (Å²) in [6.07, 6.45) is 1.76. The Hall–Kier alpha value is -2.37. The van der Waals surface area contributed by atoms with Gasteiger partial charge in [0, 0.05) is 45.1 Å². The van der Waals surface area contributed by atoms with E-state index in [4.69, 9.17) is 0 Å². The van der Waals surface area contributed by atoms with Crippen LogP contribution in [0.1, 0.15) is 0 Å². The fourth-order valence-corrected chi connectivity index (χ4v) is 2.49. The molecule has 6 heteroatoms. The topological polar surface area (TPSA) is 44.3 Å². The first-order valence-electron chi connectivity index (χ1n) is 7.02. The van der Waals surface area contributed by atoms with Crippen LogP contribution in [0.15, 0.2) is 36.5 Å². The van der Waals surface area contributed by atoms with Gasteiger partial charge in [-0.25, -0.2) is 9.37 Å². The van der Waals surface area contributed by atoms with Gasteiger partial charge in [0.25, 0.3) is 0 Å². The quantitative estimate of drug-likeness (QED) is 0.935. The Labute approximate surface area is 123 Å². The van der Waals surface area contributed by atoms with Gasteiger partial charge in [-0.1, -0.05) is 0 Å². The van der Waals surface area contributed by atoms with Crippen LogP contribution in [0.5, 0.6) is 0 Å². The van der Waals surface area contributed by atoms with Gasteiger partial charge in [0.05, 0.1) is 0 Å². The molecule has 1 fully saturated rings. The van der Waals surface area contributed by atoms with Crippen LogP contribution in [-0.2, 0) is 0 Å². The Morgan fingerprint density at radius 3 is 2.33 bits per heavy atom. The van der Waals surface area contributed by atoms with Crippen LogP contribution in [0.4, 0.5) is 21.8 Å². The molecule has 0 amide bonds. The molecule has 110 valence electrons. The third-order valence-electron chi connectivity index (χ3n) is 3.66. The number of anilines is 3. The summed E-state index contributed by atoms with van der Waals surface area (Å²) in [7, 11) is 1.81. The van der Waals surface area contributed by atoms with Crippen molar-refractivity contribution in [1.82, 2.24) is 9.97 Å². The molecule has 0 saturated carbocycles. The molecule has 2 aromatic rings. The predicted molar refractivity (Wildman–Crippen MR) is 82.4 cm³/mol. The van der Waals surface area contributed by atoms with Crippen molar-refractivity contribution in [1.29, 1.82) is 0 Å². The average Bonchev–Trinajstić information content (AvgIpc) is 2.56. The maximum Gasteiger partial charge on any atom is 0.224 e. The van der Waals surface area contributed by atoms with Crippen molar-refractivity contribution < 1.29 is 4.39 Å². The van der Waals surface area contributed by atoms with E-state index in [0.717, 1.165) is 37.7 Å². The predicted octanol–water partition coefficient (Wildman–Crippen LogP) is 1.98. The molecule has 0 spiro atoms. The minimum absolute atomic E-state index is 0.196. The molecule has 0 aliphatic carbocycles. The fraction of sp³-hybridized carbons (Fsp3) is 0.333. The lowest BCUT2D eigenvalue weighted by Gasteiger charge is -2.36. The van der Waals surface area contributed by atoms with Crippen molar-refractivity contribution in [3.63, 3.8) is 0 Å². The molecule has 2 heterocycles. The van der Waals surface area contributed by atoms with E-state index in [1.807, 2.05) is 25.2 Å². The van der Waals surface area contributed by atoms with Gasteiger partial charge < -0.3 is 15.1 Å². The Morgan fingerprint density at radius 1 is 1.00 bits per heavy atom. The second kappa shape index (κ2) is 5.95. The van der Waals surface area contributed by atoms with Gasteiger partial charge in [-0.2, -0.15) is 4.98 Å². The molecule has 21 heavy (non-hydrogen) atoms. The molecule has 0 atom stereocenters. The summed E-state index contributed by atoms with van der Waals surface area (Å²) in [5, 5.41) is 2.95. The number of aromatic nitrogens is 2. The highest BCUT2D eigenvalue weighted by Crippen LogP contribution is 2.19. The Balaban J connectivity index is 1.65. The number of piperazine rings is 1. The number of hydrogen-bond donors (Lipinski definition) is 1. The molecule has 1 aliphatic heterocycles. The fourth-order valence-electron chi connectivity index (χ4n) is 2.49. The maximum atomic E-state index is 13.0. The molecule has 0 bridgehead atoms.